The van der Waals surface area contributed by atoms with Crippen molar-refractivity contribution in [2.75, 3.05) is 5.32 Å². The Morgan fingerprint density at radius 3 is 2.88 bits per heavy atom. The van der Waals surface area contributed by atoms with Crippen LogP contribution in [0.4, 0.5) is 5.13 Å². The Hall–Kier alpha value is -1.49. The van der Waals surface area contributed by atoms with Gasteiger partial charge in [0.2, 0.25) is 5.13 Å². The van der Waals surface area contributed by atoms with Crippen LogP contribution in [-0.2, 0) is 13.0 Å². The maximum Gasteiger partial charge on any atom is 0.202 e. The molecule has 2 aromatic rings. The summed E-state index contributed by atoms with van der Waals surface area (Å²) in [6, 6.07) is 6.00. The fourth-order valence-corrected chi connectivity index (χ4v) is 1.98. The highest BCUT2D eigenvalue weighted by Gasteiger charge is 2.01. The number of anilines is 1. The van der Waals surface area contributed by atoms with Crippen LogP contribution in [0, 0.1) is 6.92 Å². The van der Waals surface area contributed by atoms with Crippen LogP contribution in [0.5, 0.6) is 0 Å². The van der Waals surface area contributed by atoms with E-state index in [9.17, 15) is 0 Å². The van der Waals surface area contributed by atoms with Crippen molar-refractivity contribution < 1.29 is 0 Å². The third kappa shape index (κ3) is 2.76. The largest absolute Gasteiger partial charge is 0.355 e. The lowest BCUT2D eigenvalue weighted by Crippen LogP contribution is -2.01. The smallest absolute Gasteiger partial charge is 0.202 e. The van der Waals surface area contributed by atoms with Gasteiger partial charge in [-0.3, -0.25) is 4.98 Å². The molecule has 0 atom stereocenters. The molecule has 5 heteroatoms. The van der Waals surface area contributed by atoms with E-state index in [1.807, 2.05) is 32.0 Å². The van der Waals surface area contributed by atoms with E-state index in [-0.39, 0.29) is 0 Å². The third-order valence-corrected chi connectivity index (χ3v) is 2.86. The van der Waals surface area contributed by atoms with E-state index in [4.69, 9.17) is 0 Å². The summed E-state index contributed by atoms with van der Waals surface area (Å²) in [5, 5.41) is 4.09. The quantitative estimate of drug-likeness (QED) is 0.882. The topological polar surface area (TPSA) is 50.7 Å². The van der Waals surface area contributed by atoms with E-state index < -0.39 is 0 Å². The average molecular weight is 234 g/mol. The molecular weight excluding hydrogens is 220 g/mol. The van der Waals surface area contributed by atoms with Crippen LogP contribution in [0.15, 0.2) is 18.2 Å². The van der Waals surface area contributed by atoms with E-state index >= 15 is 0 Å². The summed E-state index contributed by atoms with van der Waals surface area (Å²) in [4.78, 5) is 8.74. The van der Waals surface area contributed by atoms with Crippen molar-refractivity contribution >= 4 is 16.7 Å². The first-order valence-corrected chi connectivity index (χ1v) is 6.04. The van der Waals surface area contributed by atoms with Crippen molar-refractivity contribution in [1.82, 2.24) is 14.3 Å². The van der Waals surface area contributed by atoms with Gasteiger partial charge in [0.15, 0.2) is 0 Å². The van der Waals surface area contributed by atoms with Crippen molar-refractivity contribution in [1.29, 1.82) is 0 Å². The first-order chi connectivity index (χ1) is 7.78. The van der Waals surface area contributed by atoms with Crippen LogP contribution in [0.25, 0.3) is 0 Å². The third-order valence-electron chi connectivity index (χ3n) is 2.15. The van der Waals surface area contributed by atoms with E-state index in [1.165, 1.54) is 11.5 Å². The maximum atomic E-state index is 4.41. The lowest BCUT2D eigenvalue weighted by atomic mass is 10.3. The minimum Gasteiger partial charge on any atom is -0.355 e. The first-order valence-electron chi connectivity index (χ1n) is 5.27. The number of nitrogens with zero attached hydrogens (tertiary/aromatic N) is 3. The number of aromatic nitrogens is 3. The van der Waals surface area contributed by atoms with Crippen LogP contribution < -0.4 is 5.32 Å². The summed E-state index contributed by atoms with van der Waals surface area (Å²) in [5.74, 6) is 0.893. The number of rotatable bonds is 4. The SMILES string of the molecule is CCc1nsc(NCc2cccc(C)n2)n1. The normalized spacial score (nSPS) is 10.4. The van der Waals surface area contributed by atoms with Crippen LogP contribution in [-0.4, -0.2) is 14.3 Å². The minimum absolute atomic E-state index is 0.694. The zero-order valence-electron chi connectivity index (χ0n) is 9.40. The van der Waals surface area contributed by atoms with Gasteiger partial charge in [0.1, 0.15) is 5.82 Å². The molecule has 0 bridgehead atoms. The second kappa shape index (κ2) is 5.03. The standard InChI is InChI=1S/C11H14N4S/c1-3-10-14-11(16-15-10)12-7-9-6-4-5-8(2)13-9/h4-6H,3,7H2,1-2H3,(H,12,14,15). The van der Waals surface area contributed by atoms with Crippen molar-refractivity contribution in [2.45, 2.75) is 26.8 Å². The molecule has 0 aliphatic heterocycles. The molecule has 2 aromatic heterocycles. The molecule has 0 amide bonds. The molecule has 0 radical (unpaired) electrons. The Morgan fingerprint density at radius 2 is 2.19 bits per heavy atom. The molecule has 0 spiro atoms. The van der Waals surface area contributed by atoms with Crippen LogP contribution in [0.3, 0.4) is 0 Å². The number of nitrogens with one attached hydrogen (secondary N) is 1. The Bertz CT molecular complexity index is 467. The van der Waals surface area contributed by atoms with Gasteiger partial charge in [0.25, 0.3) is 0 Å². The fourth-order valence-electron chi connectivity index (χ4n) is 1.33. The zero-order valence-corrected chi connectivity index (χ0v) is 10.2. The number of aryl methyl sites for hydroxylation is 2. The molecule has 0 saturated carbocycles. The zero-order chi connectivity index (χ0) is 11.4. The highest BCUT2D eigenvalue weighted by Crippen LogP contribution is 2.12. The predicted molar refractivity (Wildman–Crippen MR) is 65.6 cm³/mol. The summed E-state index contributed by atoms with van der Waals surface area (Å²) in [6.45, 7) is 4.73. The molecule has 0 fully saturated rings. The number of pyridine rings is 1. The number of hydrogen-bond acceptors (Lipinski definition) is 5. The molecule has 0 saturated heterocycles. The number of hydrogen-bond donors (Lipinski definition) is 1. The Balaban J connectivity index is 1.96. The van der Waals surface area contributed by atoms with E-state index in [2.05, 4.69) is 19.7 Å². The van der Waals surface area contributed by atoms with Gasteiger partial charge in [-0.05, 0) is 19.1 Å². The second-order valence-electron chi connectivity index (χ2n) is 3.49. The summed E-state index contributed by atoms with van der Waals surface area (Å²) in [6.07, 6.45) is 0.876. The Labute approximate surface area is 98.9 Å². The monoisotopic (exact) mass is 234 g/mol. The summed E-state index contributed by atoms with van der Waals surface area (Å²) in [7, 11) is 0. The van der Waals surface area contributed by atoms with Gasteiger partial charge in [0, 0.05) is 23.6 Å². The molecule has 2 heterocycles. The first kappa shape index (κ1) is 11.0. The Kier molecular flexibility index (Phi) is 3.46. The van der Waals surface area contributed by atoms with E-state index in [1.54, 1.807) is 0 Å². The molecule has 0 aromatic carbocycles. The van der Waals surface area contributed by atoms with Crippen LogP contribution in [0.1, 0.15) is 24.1 Å². The average Bonchev–Trinajstić information content (AvgIpc) is 2.74. The van der Waals surface area contributed by atoms with Gasteiger partial charge in [-0.15, -0.1) is 0 Å². The molecule has 84 valence electrons. The molecule has 2 rings (SSSR count). The molecule has 4 nitrogen and oxygen atoms in total. The van der Waals surface area contributed by atoms with Crippen LogP contribution in [0.2, 0.25) is 0 Å². The van der Waals surface area contributed by atoms with Crippen molar-refractivity contribution in [3.05, 3.63) is 35.4 Å². The fraction of sp³-hybridized carbons (Fsp3) is 0.364. The van der Waals surface area contributed by atoms with Gasteiger partial charge in [-0.1, -0.05) is 13.0 Å². The highest BCUT2D eigenvalue weighted by atomic mass is 32.1. The van der Waals surface area contributed by atoms with Crippen molar-refractivity contribution in [3.8, 4) is 0 Å². The van der Waals surface area contributed by atoms with E-state index in [0.29, 0.717) is 6.54 Å². The molecule has 0 aliphatic rings. The van der Waals surface area contributed by atoms with Gasteiger partial charge in [-0.25, -0.2) is 4.98 Å². The van der Waals surface area contributed by atoms with Gasteiger partial charge in [0.05, 0.1) is 12.2 Å². The van der Waals surface area contributed by atoms with Gasteiger partial charge < -0.3 is 5.32 Å². The Morgan fingerprint density at radius 1 is 1.31 bits per heavy atom. The molecule has 0 aliphatic carbocycles. The molecule has 1 N–H and O–H groups in total. The lowest BCUT2D eigenvalue weighted by molar-refractivity contribution is 0.978. The summed E-state index contributed by atoms with van der Waals surface area (Å²) in [5.41, 5.74) is 2.05. The van der Waals surface area contributed by atoms with E-state index in [0.717, 1.165) is 28.8 Å². The maximum absolute atomic E-state index is 4.41. The van der Waals surface area contributed by atoms with Gasteiger partial charge in [-0.2, -0.15) is 4.37 Å². The van der Waals surface area contributed by atoms with Gasteiger partial charge >= 0.3 is 0 Å². The highest BCUT2D eigenvalue weighted by molar-refractivity contribution is 7.09. The summed E-state index contributed by atoms with van der Waals surface area (Å²) >= 11 is 1.40. The second-order valence-corrected chi connectivity index (χ2v) is 4.25. The molecule has 16 heavy (non-hydrogen) atoms. The summed E-state index contributed by atoms with van der Waals surface area (Å²) < 4.78 is 4.21. The van der Waals surface area contributed by atoms with Crippen molar-refractivity contribution in [2.24, 2.45) is 0 Å². The van der Waals surface area contributed by atoms with Crippen LogP contribution >= 0.6 is 11.5 Å². The lowest BCUT2D eigenvalue weighted by Gasteiger charge is -2.02. The van der Waals surface area contributed by atoms with Crippen molar-refractivity contribution in [3.63, 3.8) is 0 Å². The minimum atomic E-state index is 0.694. The molecular formula is C11H14N4S. The predicted octanol–water partition coefficient (Wildman–Crippen LogP) is 2.42. The molecule has 0 unspecified atom stereocenters.